The maximum Gasteiger partial charge on any atom is 0.513 e. The Labute approximate surface area is 192 Å². The van der Waals surface area contributed by atoms with Crippen LogP contribution in [0.25, 0.3) is 0 Å². The molecule has 0 radical (unpaired) electrons. The van der Waals surface area contributed by atoms with Gasteiger partial charge in [0, 0.05) is 13.0 Å². The number of rotatable bonds is 12. The van der Waals surface area contributed by atoms with Crippen LogP contribution in [-0.2, 0) is 30.2 Å². The van der Waals surface area contributed by atoms with E-state index in [1.54, 1.807) is 6.92 Å². The van der Waals surface area contributed by atoms with E-state index in [1.807, 2.05) is 13.8 Å². The second-order valence-electron chi connectivity index (χ2n) is 7.63. The summed E-state index contributed by atoms with van der Waals surface area (Å²) in [6.45, 7) is 5.80. The van der Waals surface area contributed by atoms with Crippen LogP contribution in [-0.4, -0.2) is 62.3 Å². The molecule has 11 nitrogen and oxygen atoms in total. The molecule has 1 aromatic carbocycles. The molecule has 2 atom stereocenters. The number of esters is 1. The van der Waals surface area contributed by atoms with Gasteiger partial charge in [0.25, 0.3) is 0 Å². The van der Waals surface area contributed by atoms with Crippen molar-refractivity contribution in [2.45, 2.75) is 52.2 Å². The molecule has 0 bridgehead atoms. The number of carbonyl (C=O) groups is 4. The summed E-state index contributed by atoms with van der Waals surface area (Å²) in [6, 6.07) is 3.17. The van der Waals surface area contributed by atoms with E-state index in [2.05, 4.69) is 14.8 Å². The summed E-state index contributed by atoms with van der Waals surface area (Å²) in [4.78, 5) is 46.5. The van der Waals surface area contributed by atoms with Gasteiger partial charge < -0.3 is 34.1 Å². The number of nitrogens with one attached hydrogen (secondary N) is 1. The van der Waals surface area contributed by atoms with E-state index in [-0.39, 0.29) is 30.4 Å². The first-order valence-corrected chi connectivity index (χ1v) is 10.4. The minimum Gasteiger partial charge on any atom is -0.480 e. The lowest BCUT2D eigenvalue weighted by Gasteiger charge is -2.19. The Morgan fingerprint density at radius 3 is 2.12 bits per heavy atom. The van der Waals surface area contributed by atoms with Crippen LogP contribution in [0, 0.1) is 5.92 Å². The van der Waals surface area contributed by atoms with Gasteiger partial charge in [0.05, 0.1) is 14.2 Å². The third-order valence-electron chi connectivity index (χ3n) is 4.38. The highest BCUT2D eigenvalue weighted by Gasteiger charge is 2.22. The Morgan fingerprint density at radius 2 is 1.58 bits per heavy atom. The van der Waals surface area contributed by atoms with E-state index in [0.29, 0.717) is 24.3 Å². The zero-order valence-corrected chi connectivity index (χ0v) is 19.4. The van der Waals surface area contributed by atoms with Gasteiger partial charge in [-0.25, -0.2) is 9.59 Å². The Bertz CT molecular complexity index is 823. The molecule has 1 rings (SSSR count). The molecule has 33 heavy (non-hydrogen) atoms. The highest BCUT2D eigenvalue weighted by Crippen LogP contribution is 2.30. The van der Waals surface area contributed by atoms with Gasteiger partial charge in [-0.3, -0.25) is 9.59 Å². The second kappa shape index (κ2) is 13.9. The van der Waals surface area contributed by atoms with E-state index in [0.717, 1.165) is 14.2 Å². The van der Waals surface area contributed by atoms with E-state index in [4.69, 9.17) is 14.2 Å². The zero-order valence-electron chi connectivity index (χ0n) is 19.4. The number of hydrogen-bond donors (Lipinski definition) is 2. The molecule has 0 aromatic heterocycles. The predicted molar refractivity (Wildman–Crippen MR) is 115 cm³/mol. The van der Waals surface area contributed by atoms with Crippen molar-refractivity contribution in [1.29, 1.82) is 0 Å². The molecule has 0 heterocycles. The molecule has 0 saturated carbocycles. The van der Waals surface area contributed by atoms with Crippen molar-refractivity contribution in [3.63, 3.8) is 0 Å². The first-order valence-electron chi connectivity index (χ1n) is 10.4. The molecular formula is C22H31NO10. The first-order chi connectivity index (χ1) is 15.5. The highest BCUT2D eigenvalue weighted by atomic mass is 16.7. The summed E-state index contributed by atoms with van der Waals surface area (Å²) in [5.74, 6) is -1.35. The Kier molecular flexibility index (Phi) is 11.7. The second-order valence-corrected chi connectivity index (χ2v) is 7.63. The van der Waals surface area contributed by atoms with Gasteiger partial charge in [0.2, 0.25) is 0 Å². The SMILES string of the molecule is COC(=O)Oc1ccc(C[C@H](NCC(C)OC(=O)CCC(C)C)C(=O)O)cc1OC(=O)OC. The van der Waals surface area contributed by atoms with Gasteiger partial charge in [0.15, 0.2) is 11.5 Å². The molecule has 0 saturated heterocycles. The van der Waals surface area contributed by atoms with Gasteiger partial charge in [0.1, 0.15) is 12.1 Å². The van der Waals surface area contributed by atoms with Crippen molar-refractivity contribution < 1.29 is 48.0 Å². The molecular weight excluding hydrogens is 438 g/mol. The van der Waals surface area contributed by atoms with Crippen LogP contribution >= 0.6 is 0 Å². The number of carbonyl (C=O) groups excluding carboxylic acids is 3. The van der Waals surface area contributed by atoms with Crippen LogP contribution in [0.15, 0.2) is 18.2 Å². The van der Waals surface area contributed by atoms with Crippen LogP contribution in [0.4, 0.5) is 9.59 Å². The van der Waals surface area contributed by atoms with Crippen LogP contribution < -0.4 is 14.8 Å². The topological polar surface area (TPSA) is 147 Å². The van der Waals surface area contributed by atoms with Crippen LogP contribution in [0.5, 0.6) is 11.5 Å². The van der Waals surface area contributed by atoms with Gasteiger partial charge >= 0.3 is 24.2 Å². The first kappa shape index (κ1) is 27.7. The molecule has 0 spiro atoms. The molecule has 1 aromatic rings. The summed E-state index contributed by atoms with van der Waals surface area (Å²) in [7, 11) is 2.22. The van der Waals surface area contributed by atoms with Crippen molar-refractivity contribution in [3.05, 3.63) is 23.8 Å². The zero-order chi connectivity index (χ0) is 25.0. The summed E-state index contributed by atoms with van der Waals surface area (Å²) < 4.78 is 24.1. The maximum atomic E-state index is 11.8. The van der Waals surface area contributed by atoms with Crippen molar-refractivity contribution in [2.75, 3.05) is 20.8 Å². The Balaban J connectivity index is 2.84. The normalized spacial score (nSPS) is 12.4. The lowest BCUT2D eigenvalue weighted by molar-refractivity contribution is -0.148. The van der Waals surface area contributed by atoms with Crippen LogP contribution in [0.3, 0.4) is 0 Å². The number of hydrogen-bond acceptors (Lipinski definition) is 10. The summed E-state index contributed by atoms with van der Waals surface area (Å²) in [5.41, 5.74) is 0.465. The van der Waals surface area contributed by atoms with Gasteiger partial charge in [-0.05, 0) is 43.4 Å². The standard InChI is InChI=1S/C22H31NO10/c1-13(2)6-9-19(24)31-14(3)12-23-16(20(25)26)10-15-7-8-17(32-21(27)29-4)18(11-15)33-22(28)30-5/h7-8,11,13-14,16,23H,6,9-10,12H2,1-5H3,(H,25,26)/t14?,16-/m0/s1. The number of aliphatic carboxylic acids is 1. The average Bonchev–Trinajstić information content (AvgIpc) is 2.76. The average molecular weight is 469 g/mol. The minimum atomic E-state index is -1.13. The van der Waals surface area contributed by atoms with Crippen molar-refractivity contribution in [3.8, 4) is 11.5 Å². The molecule has 11 heteroatoms. The summed E-state index contributed by atoms with van der Waals surface area (Å²) in [5, 5.41) is 12.4. The predicted octanol–water partition coefficient (Wildman–Crippen LogP) is 2.93. The third kappa shape index (κ3) is 10.7. The molecule has 0 amide bonds. The fraction of sp³-hybridized carbons (Fsp3) is 0.545. The summed E-state index contributed by atoms with van der Waals surface area (Å²) in [6.07, 6.45) is -1.60. The highest BCUT2D eigenvalue weighted by molar-refractivity contribution is 5.74. The number of methoxy groups -OCH3 is 2. The number of benzene rings is 1. The number of carboxylic acids is 1. The fourth-order valence-corrected chi connectivity index (χ4v) is 2.63. The molecule has 2 N–H and O–H groups in total. The molecule has 0 aliphatic heterocycles. The third-order valence-corrected chi connectivity index (χ3v) is 4.38. The molecule has 0 aliphatic carbocycles. The summed E-state index contributed by atoms with van der Waals surface area (Å²) >= 11 is 0. The monoisotopic (exact) mass is 469 g/mol. The lowest BCUT2D eigenvalue weighted by Crippen LogP contribution is -2.42. The van der Waals surface area contributed by atoms with Crippen LogP contribution in [0.1, 0.15) is 39.2 Å². The van der Waals surface area contributed by atoms with E-state index in [9.17, 15) is 24.3 Å². The maximum absolute atomic E-state index is 11.8. The van der Waals surface area contributed by atoms with Gasteiger partial charge in [-0.2, -0.15) is 0 Å². The van der Waals surface area contributed by atoms with Crippen molar-refractivity contribution in [1.82, 2.24) is 5.32 Å². The van der Waals surface area contributed by atoms with Crippen molar-refractivity contribution in [2.24, 2.45) is 5.92 Å². The molecule has 0 fully saturated rings. The van der Waals surface area contributed by atoms with E-state index < -0.39 is 30.4 Å². The van der Waals surface area contributed by atoms with E-state index >= 15 is 0 Å². The molecule has 184 valence electrons. The van der Waals surface area contributed by atoms with Crippen LogP contribution in [0.2, 0.25) is 0 Å². The quantitative estimate of drug-likeness (QED) is 0.264. The number of ether oxygens (including phenoxy) is 5. The molecule has 1 unspecified atom stereocenters. The Morgan fingerprint density at radius 1 is 0.970 bits per heavy atom. The lowest BCUT2D eigenvalue weighted by atomic mass is 10.0. The van der Waals surface area contributed by atoms with Gasteiger partial charge in [-0.1, -0.05) is 19.9 Å². The fourth-order valence-electron chi connectivity index (χ4n) is 2.63. The largest absolute Gasteiger partial charge is 0.513 e. The van der Waals surface area contributed by atoms with Crippen molar-refractivity contribution >= 4 is 24.2 Å². The smallest absolute Gasteiger partial charge is 0.480 e. The minimum absolute atomic E-state index is 0.000609. The number of carboxylic acid groups (broad SMARTS) is 1. The molecule has 0 aliphatic rings. The van der Waals surface area contributed by atoms with E-state index in [1.165, 1.54) is 18.2 Å². The Hall–Kier alpha value is -3.34. The van der Waals surface area contributed by atoms with Gasteiger partial charge in [-0.15, -0.1) is 0 Å².